The van der Waals surface area contributed by atoms with Crippen molar-refractivity contribution in [3.8, 4) is 0 Å². The number of hydrogen-bond acceptors (Lipinski definition) is 3. The topological polar surface area (TPSA) is 50.9 Å². The van der Waals surface area contributed by atoms with Gasteiger partial charge in [-0.3, -0.25) is 4.98 Å². The van der Waals surface area contributed by atoms with Gasteiger partial charge in [-0.05, 0) is 36.2 Å². The van der Waals surface area contributed by atoms with E-state index in [4.69, 9.17) is 5.73 Å². The second-order valence-electron chi connectivity index (χ2n) is 5.05. The predicted molar refractivity (Wildman–Crippen MR) is 76.4 cm³/mol. The van der Waals surface area contributed by atoms with Gasteiger partial charge in [0.25, 0.3) is 0 Å². The minimum atomic E-state index is 0.219. The molecule has 3 heteroatoms. The molecule has 0 radical (unpaired) electrons. The monoisotopic (exact) mass is 243 g/mol. The van der Waals surface area contributed by atoms with Crippen LogP contribution in [0.2, 0.25) is 0 Å². The van der Waals surface area contributed by atoms with Gasteiger partial charge in [0, 0.05) is 24.2 Å². The Hall–Kier alpha value is -1.45. The van der Waals surface area contributed by atoms with Gasteiger partial charge in [-0.25, -0.2) is 0 Å². The number of rotatable bonds is 5. The number of nitrogens with zero attached hydrogens (tertiary/aromatic N) is 1. The van der Waals surface area contributed by atoms with Crippen LogP contribution in [-0.2, 0) is 0 Å². The summed E-state index contributed by atoms with van der Waals surface area (Å²) in [6.07, 6.45) is 1.82. The summed E-state index contributed by atoms with van der Waals surface area (Å²) in [6.45, 7) is 5.99. The second-order valence-corrected chi connectivity index (χ2v) is 5.05. The lowest BCUT2D eigenvalue weighted by Gasteiger charge is -2.19. The van der Waals surface area contributed by atoms with E-state index in [0.29, 0.717) is 12.5 Å². The van der Waals surface area contributed by atoms with Crippen molar-refractivity contribution in [3.05, 3.63) is 42.1 Å². The molecule has 0 amide bonds. The molecule has 0 spiro atoms. The van der Waals surface area contributed by atoms with Gasteiger partial charge in [0.2, 0.25) is 0 Å². The largest absolute Gasteiger partial charge is 0.329 e. The third-order valence-electron chi connectivity index (χ3n) is 3.04. The van der Waals surface area contributed by atoms with E-state index in [1.807, 2.05) is 12.3 Å². The Morgan fingerprint density at radius 1 is 1.28 bits per heavy atom. The summed E-state index contributed by atoms with van der Waals surface area (Å²) < 4.78 is 0. The zero-order valence-electron chi connectivity index (χ0n) is 11.1. The van der Waals surface area contributed by atoms with Gasteiger partial charge < -0.3 is 11.1 Å². The van der Waals surface area contributed by atoms with Crippen molar-refractivity contribution in [2.75, 3.05) is 13.1 Å². The van der Waals surface area contributed by atoms with Crippen molar-refractivity contribution in [2.24, 2.45) is 11.7 Å². The fraction of sp³-hybridized carbons (Fsp3) is 0.400. The highest BCUT2D eigenvalue weighted by molar-refractivity contribution is 5.79. The zero-order chi connectivity index (χ0) is 13.0. The van der Waals surface area contributed by atoms with Crippen LogP contribution in [0.1, 0.15) is 25.5 Å². The van der Waals surface area contributed by atoms with Gasteiger partial charge in [-0.1, -0.05) is 26.0 Å². The molecular formula is C15H21N3. The molecule has 2 aromatic rings. The van der Waals surface area contributed by atoms with Crippen LogP contribution in [0, 0.1) is 5.92 Å². The lowest BCUT2D eigenvalue weighted by atomic mass is 10.0. The van der Waals surface area contributed by atoms with Crippen molar-refractivity contribution in [1.82, 2.24) is 10.3 Å². The first-order valence-electron chi connectivity index (χ1n) is 6.49. The number of benzene rings is 1. The van der Waals surface area contributed by atoms with E-state index in [1.165, 1.54) is 10.9 Å². The smallest absolute Gasteiger partial charge is 0.0702 e. The fourth-order valence-electron chi connectivity index (χ4n) is 2.03. The Morgan fingerprint density at radius 3 is 2.83 bits per heavy atom. The van der Waals surface area contributed by atoms with Crippen LogP contribution in [0.15, 0.2) is 36.5 Å². The van der Waals surface area contributed by atoms with E-state index in [1.54, 1.807) is 0 Å². The third-order valence-corrected chi connectivity index (χ3v) is 3.04. The van der Waals surface area contributed by atoms with Crippen LogP contribution in [-0.4, -0.2) is 18.1 Å². The van der Waals surface area contributed by atoms with Crippen molar-refractivity contribution >= 4 is 10.9 Å². The molecule has 0 aliphatic carbocycles. The molecule has 1 aromatic heterocycles. The minimum absolute atomic E-state index is 0.219. The summed E-state index contributed by atoms with van der Waals surface area (Å²) in [5, 5.41) is 4.67. The fourth-order valence-corrected chi connectivity index (χ4v) is 2.03. The first kappa shape index (κ1) is 13.0. The predicted octanol–water partition coefficient (Wildman–Crippen LogP) is 2.48. The van der Waals surface area contributed by atoms with Gasteiger partial charge >= 0.3 is 0 Å². The standard InChI is InChI=1S/C15H21N3/c1-11(2)10-18-15(9-16)13-5-6-14-12(8-13)4-3-7-17-14/h3-8,11,15,18H,9-10,16H2,1-2H3. The number of fused-ring (bicyclic) bond motifs is 1. The van der Waals surface area contributed by atoms with Crippen molar-refractivity contribution in [3.63, 3.8) is 0 Å². The zero-order valence-corrected chi connectivity index (χ0v) is 11.1. The summed E-state index contributed by atoms with van der Waals surface area (Å²) in [7, 11) is 0. The first-order chi connectivity index (χ1) is 8.70. The number of aromatic nitrogens is 1. The Kier molecular flexibility index (Phi) is 4.28. The lowest BCUT2D eigenvalue weighted by Crippen LogP contribution is -2.30. The maximum atomic E-state index is 5.86. The van der Waals surface area contributed by atoms with E-state index in [-0.39, 0.29) is 6.04 Å². The van der Waals surface area contributed by atoms with Crippen LogP contribution in [0.5, 0.6) is 0 Å². The molecule has 96 valence electrons. The molecule has 3 N–H and O–H groups in total. The third kappa shape index (κ3) is 3.06. The summed E-state index contributed by atoms with van der Waals surface area (Å²) in [6, 6.07) is 10.6. The quantitative estimate of drug-likeness (QED) is 0.848. The second kappa shape index (κ2) is 5.94. The normalized spacial score (nSPS) is 13.1. The summed E-state index contributed by atoms with van der Waals surface area (Å²) in [4.78, 5) is 4.33. The number of pyridine rings is 1. The summed E-state index contributed by atoms with van der Waals surface area (Å²) >= 11 is 0. The molecule has 3 nitrogen and oxygen atoms in total. The molecule has 0 saturated carbocycles. The number of hydrogen-bond donors (Lipinski definition) is 2. The van der Waals surface area contributed by atoms with Gasteiger partial charge in [0.1, 0.15) is 0 Å². The van der Waals surface area contributed by atoms with E-state index in [9.17, 15) is 0 Å². The van der Waals surface area contributed by atoms with E-state index in [0.717, 1.165) is 12.1 Å². The van der Waals surface area contributed by atoms with E-state index >= 15 is 0 Å². The van der Waals surface area contributed by atoms with Crippen LogP contribution >= 0.6 is 0 Å². The molecule has 18 heavy (non-hydrogen) atoms. The molecule has 0 aliphatic heterocycles. The molecule has 0 bridgehead atoms. The first-order valence-corrected chi connectivity index (χ1v) is 6.49. The molecule has 0 saturated heterocycles. The maximum absolute atomic E-state index is 5.86. The SMILES string of the molecule is CC(C)CNC(CN)c1ccc2ncccc2c1. The van der Waals surface area contributed by atoms with Gasteiger partial charge in [-0.2, -0.15) is 0 Å². The Bertz CT molecular complexity index is 508. The van der Waals surface area contributed by atoms with Gasteiger partial charge in [-0.15, -0.1) is 0 Å². The highest BCUT2D eigenvalue weighted by Crippen LogP contribution is 2.18. The lowest BCUT2D eigenvalue weighted by molar-refractivity contribution is 0.479. The maximum Gasteiger partial charge on any atom is 0.0702 e. The van der Waals surface area contributed by atoms with Crippen LogP contribution in [0.4, 0.5) is 0 Å². The highest BCUT2D eigenvalue weighted by Gasteiger charge is 2.10. The molecule has 2 rings (SSSR count). The average molecular weight is 243 g/mol. The molecule has 0 fully saturated rings. The number of nitrogens with two attached hydrogens (primary N) is 1. The van der Waals surface area contributed by atoms with Crippen LogP contribution in [0.25, 0.3) is 10.9 Å². The molecule has 1 atom stereocenters. The van der Waals surface area contributed by atoms with E-state index in [2.05, 4.69) is 48.4 Å². The Labute approximate surface area is 108 Å². The Morgan fingerprint density at radius 2 is 2.11 bits per heavy atom. The Balaban J connectivity index is 2.22. The molecule has 1 heterocycles. The summed E-state index contributed by atoms with van der Waals surface area (Å²) in [5.74, 6) is 0.626. The number of nitrogens with one attached hydrogen (secondary N) is 1. The van der Waals surface area contributed by atoms with E-state index < -0.39 is 0 Å². The summed E-state index contributed by atoms with van der Waals surface area (Å²) in [5.41, 5.74) is 8.12. The molecule has 0 aliphatic rings. The van der Waals surface area contributed by atoms with Crippen molar-refractivity contribution < 1.29 is 0 Å². The van der Waals surface area contributed by atoms with Crippen LogP contribution in [0.3, 0.4) is 0 Å². The highest BCUT2D eigenvalue weighted by atomic mass is 14.9. The van der Waals surface area contributed by atoms with Gasteiger partial charge in [0.05, 0.1) is 5.52 Å². The molecular weight excluding hydrogens is 222 g/mol. The van der Waals surface area contributed by atoms with Gasteiger partial charge in [0.15, 0.2) is 0 Å². The van der Waals surface area contributed by atoms with Crippen LogP contribution < -0.4 is 11.1 Å². The minimum Gasteiger partial charge on any atom is -0.329 e. The average Bonchev–Trinajstić information content (AvgIpc) is 2.39. The molecule has 1 aromatic carbocycles. The van der Waals surface area contributed by atoms with Crippen molar-refractivity contribution in [1.29, 1.82) is 0 Å². The molecule has 1 unspecified atom stereocenters. The van der Waals surface area contributed by atoms with Crippen molar-refractivity contribution in [2.45, 2.75) is 19.9 Å².